The Morgan fingerprint density at radius 1 is 0.848 bits per heavy atom. The second-order valence-electron chi connectivity index (χ2n) is 18.4. The first-order chi connectivity index (χ1) is 31.4. The molecule has 2 saturated heterocycles. The number of carbonyl (C=O) groups excluding carboxylic acids is 6. The second kappa shape index (κ2) is 22.1. The monoisotopic (exact) mass is 935 g/mol. The first-order valence-corrected chi connectivity index (χ1v) is 22.6. The third-order valence-corrected chi connectivity index (χ3v) is 14.1. The highest BCUT2D eigenvalue weighted by molar-refractivity contribution is 5.86. The lowest BCUT2D eigenvalue weighted by Crippen LogP contribution is -2.68. The summed E-state index contributed by atoms with van der Waals surface area (Å²) in [6, 6.07) is 4.57. The van der Waals surface area contributed by atoms with Crippen LogP contribution in [0.4, 0.5) is 0 Å². The number of aromatic hydroxyl groups is 1. The number of unbranched alkanes of at least 4 members (excludes halogenated alkanes) is 1. The Morgan fingerprint density at radius 3 is 2.17 bits per heavy atom. The van der Waals surface area contributed by atoms with Crippen LogP contribution in [0.2, 0.25) is 0 Å². The zero-order valence-corrected chi connectivity index (χ0v) is 37.6. The van der Waals surface area contributed by atoms with Gasteiger partial charge in [-0.25, -0.2) is 0 Å². The molecule has 0 aromatic heterocycles. The van der Waals surface area contributed by atoms with Crippen molar-refractivity contribution in [2.24, 2.45) is 17.3 Å². The second-order valence-corrected chi connectivity index (χ2v) is 18.4. The summed E-state index contributed by atoms with van der Waals surface area (Å²) in [5, 5.41) is 65.9. The van der Waals surface area contributed by atoms with Crippen LogP contribution in [0.5, 0.6) is 5.75 Å². The van der Waals surface area contributed by atoms with Gasteiger partial charge in [0.05, 0.1) is 31.3 Å². The first kappa shape index (κ1) is 50.9. The number of hydrogen-bond acceptors (Lipinski definition) is 17. The van der Waals surface area contributed by atoms with Crippen LogP contribution in [0.1, 0.15) is 102 Å². The van der Waals surface area contributed by atoms with Gasteiger partial charge in [-0.15, -0.1) is 0 Å². The molecular formula is C44H65N5O17. The van der Waals surface area contributed by atoms with Crippen LogP contribution < -0.4 is 27.0 Å². The molecule has 10 unspecified atom stereocenters. The van der Waals surface area contributed by atoms with Crippen LogP contribution >= 0.6 is 0 Å². The Labute approximate surface area is 381 Å². The third kappa shape index (κ3) is 11.4. The van der Waals surface area contributed by atoms with Crippen molar-refractivity contribution < 1.29 is 83.1 Å². The molecule has 6 rings (SSSR count). The summed E-state index contributed by atoms with van der Waals surface area (Å²) in [5.74, 6) is -2.93. The molecule has 5 amide bonds. The molecule has 1 aromatic rings. The van der Waals surface area contributed by atoms with Crippen molar-refractivity contribution in [3.63, 3.8) is 0 Å². The number of esters is 1. The topological polar surface area (TPSA) is 330 Å². The fourth-order valence-electron chi connectivity index (χ4n) is 10.7. The van der Waals surface area contributed by atoms with Crippen molar-refractivity contribution in [1.82, 2.24) is 27.0 Å². The van der Waals surface area contributed by atoms with Gasteiger partial charge in [-0.3, -0.25) is 50.5 Å². The molecule has 22 nitrogen and oxygen atoms in total. The molecule has 66 heavy (non-hydrogen) atoms. The van der Waals surface area contributed by atoms with E-state index in [0.29, 0.717) is 18.3 Å². The number of ether oxygens (including phenoxy) is 5. The minimum atomic E-state index is -1.81. The highest BCUT2D eigenvalue weighted by atomic mass is 16.7. The van der Waals surface area contributed by atoms with Crippen molar-refractivity contribution in [3.05, 3.63) is 29.3 Å². The van der Waals surface area contributed by atoms with E-state index in [2.05, 4.69) is 33.9 Å². The lowest BCUT2D eigenvalue weighted by molar-refractivity contribution is -0.325. The number of methoxy groups -OCH3 is 1. The summed E-state index contributed by atoms with van der Waals surface area (Å²) in [7, 11) is 1.15. The van der Waals surface area contributed by atoms with Crippen molar-refractivity contribution in [1.29, 1.82) is 0 Å². The lowest BCUT2D eigenvalue weighted by atomic mass is 9.55. The van der Waals surface area contributed by atoms with Crippen LogP contribution in [0, 0.1) is 17.3 Å². The fourth-order valence-corrected chi connectivity index (χ4v) is 10.7. The van der Waals surface area contributed by atoms with Gasteiger partial charge < -0.3 is 59.6 Å². The number of fused-ring (bicyclic) bond motifs is 5. The lowest BCUT2D eigenvalue weighted by Gasteiger charge is -2.50. The van der Waals surface area contributed by atoms with Gasteiger partial charge in [0.25, 0.3) is 5.91 Å². The van der Waals surface area contributed by atoms with Crippen LogP contribution in [-0.4, -0.2) is 153 Å². The zero-order valence-electron chi connectivity index (χ0n) is 37.6. The average Bonchev–Trinajstić information content (AvgIpc) is 3.54. The van der Waals surface area contributed by atoms with Gasteiger partial charge in [0, 0.05) is 38.7 Å². The summed E-state index contributed by atoms with van der Waals surface area (Å²) >= 11 is 0. The number of amides is 5. The van der Waals surface area contributed by atoms with Gasteiger partial charge in [0.2, 0.25) is 23.6 Å². The fraction of sp³-hybridized carbons (Fsp3) is 0.727. The van der Waals surface area contributed by atoms with Gasteiger partial charge >= 0.3 is 5.97 Å². The van der Waals surface area contributed by atoms with E-state index in [-0.39, 0.29) is 50.2 Å². The maximum absolute atomic E-state index is 13.2. The molecule has 11 N–H and O–H groups in total. The van der Waals surface area contributed by atoms with Crippen LogP contribution in [-0.2, 0) is 58.9 Å². The minimum absolute atomic E-state index is 0.0767. The molecule has 0 radical (unpaired) electrons. The predicted octanol–water partition coefficient (Wildman–Crippen LogP) is -1.74. The highest BCUT2D eigenvalue weighted by Crippen LogP contribution is 2.61. The van der Waals surface area contributed by atoms with Crippen molar-refractivity contribution in [2.45, 2.75) is 171 Å². The molecule has 0 bridgehead atoms. The quantitative estimate of drug-likeness (QED) is 0.0528. The number of hydrogen-bond donors (Lipinski definition) is 11. The van der Waals surface area contributed by atoms with Crippen LogP contribution in [0.15, 0.2) is 18.2 Å². The number of aliphatic hydroxyl groups excluding tert-OH is 5. The number of phenolic OH excluding ortho intramolecular Hbond substituents is 1. The normalized spacial score (nSPS) is 35.8. The Balaban J connectivity index is 0.874. The van der Waals surface area contributed by atoms with Gasteiger partial charge in [-0.1, -0.05) is 13.0 Å². The summed E-state index contributed by atoms with van der Waals surface area (Å²) < 4.78 is 28.2. The smallest absolute Gasteiger partial charge is 0.306 e. The van der Waals surface area contributed by atoms with E-state index in [9.17, 15) is 59.4 Å². The zero-order chi connectivity index (χ0) is 48.0. The molecule has 16 atom stereocenters. The molecule has 368 valence electrons. The third-order valence-electron chi connectivity index (χ3n) is 14.1. The molecule has 2 saturated carbocycles. The summed E-state index contributed by atoms with van der Waals surface area (Å²) in [6.07, 6.45) is -11.2. The summed E-state index contributed by atoms with van der Waals surface area (Å²) in [5.41, 5.74) is 10.9. The number of rotatable bonds is 15. The van der Waals surface area contributed by atoms with Crippen molar-refractivity contribution in [3.8, 4) is 5.75 Å². The number of hydrazine groups is 2. The Hall–Kier alpha value is -4.52. The molecule has 5 aliphatic rings. The Morgan fingerprint density at radius 2 is 1.52 bits per heavy atom. The molecular weight excluding hydrogens is 871 g/mol. The van der Waals surface area contributed by atoms with E-state index in [0.717, 1.165) is 38.4 Å². The van der Waals surface area contributed by atoms with E-state index in [1.165, 1.54) is 12.5 Å². The SMILES string of the molecule is COC1C(C(=O)NNC(=O)CCCCC(=O)NNC(=O)CCC(=O)O[C@H]2[C@H](O)C[C@H]3[C@@H]4CCc5cc(O)ccc5[C@H]4CC[C@@]32C)OC(OC2C(O)C(CO)OC(C)C2NC(C)=O)C(O)C1O. The van der Waals surface area contributed by atoms with E-state index in [1.807, 2.05) is 12.1 Å². The first-order valence-electron chi connectivity index (χ1n) is 22.6. The number of phenols is 1. The number of nitrogens with one attached hydrogen (secondary N) is 5. The number of aryl methyl sites for hydroxylation is 1. The molecule has 22 heteroatoms. The van der Waals surface area contributed by atoms with E-state index < -0.39 is 121 Å². The Bertz CT molecular complexity index is 1930. The Kier molecular flexibility index (Phi) is 17.0. The predicted molar refractivity (Wildman–Crippen MR) is 226 cm³/mol. The van der Waals surface area contributed by atoms with Gasteiger partial charge in [0.1, 0.15) is 48.5 Å². The maximum atomic E-state index is 13.2. The van der Waals surface area contributed by atoms with Gasteiger partial charge in [0.15, 0.2) is 12.4 Å². The summed E-state index contributed by atoms with van der Waals surface area (Å²) in [6.45, 7) is 4.24. The number of benzene rings is 1. The molecule has 2 aliphatic heterocycles. The molecule has 2 heterocycles. The number of aliphatic hydroxyl groups is 5. The largest absolute Gasteiger partial charge is 0.508 e. The van der Waals surface area contributed by atoms with Crippen molar-refractivity contribution >= 4 is 35.5 Å². The minimum Gasteiger partial charge on any atom is -0.508 e. The molecule has 1 aromatic carbocycles. The van der Waals surface area contributed by atoms with Gasteiger partial charge in [-0.05, 0) is 92.9 Å². The molecule has 3 aliphatic carbocycles. The van der Waals surface area contributed by atoms with E-state index in [1.54, 1.807) is 13.0 Å². The van der Waals surface area contributed by atoms with Crippen LogP contribution in [0.3, 0.4) is 0 Å². The van der Waals surface area contributed by atoms with E-state index in [4.69, 9.17) is 23.7 Å². The van der Waals surface area contributed by atoms with E-state index >= 15 is 0 Å². The van der Waals surface area contributed by atoms with Crippen LogP contribution in [0.25, 0.3) is 0 Å². The highest BCUT2D eigenvalue weighted by Gasteiger charge is 2.60. The number of carbonyl (C=O) groups is 6. The molecule has 4 fully saturated rings. The molecule has 0 spiro atoms. The maximum Gasteiger partial charge on any atom is 0.306 e. The average molecular weight is 936 g/mol. The van der Waals surface area contributed by atoms with Crippen molar-refractivity contribution in [2.75, 3.05) is 13.7 Å². The standard InChI is InChI=1S/C44H65N5O17/c1-20-34(45-21(2)51)38(35(58)29(19-50)63-20)65-43-37(60)36(59)39(62-4)40(66-43)42(61)49-48-31(55)8-6-5-7-30(54)46-47-32(56)13-14-33(57)64-41-28(53)18-27-26-11-9-22-17-23(52)10-12-24(22)25(26)15-16-44(27,41)3/h10,12,17,20,25-29,34-41,43,50,52-53,58-60H,5-9,11,13-16,18-19H2,1-4H3,(H,45,51)(H,46,54)(H,47,56)(H,48,55)(H,49,61)/t20?,25-,26-,27+,28-,29?,34?,35?,36?,37?,38?,39?,40?,41+,43?,44+/m1/s1. The van der Waals surface area contributed by atoms with Gasteiger partial charge in [-0.2, -0.15) is 0 Å². The summed E-state index contributed by atoms with van der Waals surface area (Å²) in [4.78, 5) is 75.5.